The highest BCUT2D eigenvalue weighted by Crippen LogP contribution is 2.37. The molecule has 3 rings (SSSR count). The van der Waals surface area contributed by atoms with Crippen LogP contribution in [0.4, 0.5) is 5.69 Å². The Hall–Kier alpha value is -1.95. The molecule has 6 heteroatoms. The Morgan fingerprint density at radius 1 is 1.43 bits per heavy atom. The first-order valence-electron chi connectivity index (χ1n) is 7.02. The molecule has 21 heavy (non-hydrogen) atoms. The van der Waals surface area contributed by atoms with Gasteiger partial charge < -0.3 is 4.90 Å². The summed E-state index contributed by atoms with van der Waals surface area (Å²) >= 11 is 1.47. The second-order valence-corrected chi connectivity index (χ2v) is 6.27. The fourth-order valence-electron chi connectivity index (χ4n) is 2.58. The minimum Gasteiger partial charge on any atom is -0.377 e. The van der Waals surface area contributed by atoms with Crippen LogP contribution in [0, 0.1) is 0 Å². The van der Waals surface area contributed by atoms with Gasteiger partial charge in [-0.15, -0.1) is 11.3 Å². The van der Waals surface area contributed by atoms with Gasteiger partial charge in [-0.05, 0) is 12.5 Å². The van der Waals surface area contributed by atoms with Crippen molar-refractivity contribution in [2.75, 3.05) is 25.5 Å². The van der Waals surface area contributed by atoms with Crippen LogP contribution in [-0.4, -0.2) is 42.8 Å². The molecule has 0 aromatic carbocycles. The summed E-state index contributed by atoms with van der Waals surface area (Å²) < 4.78 is 0. The van der Waals surface area contributed by atoms with E-state index in [9.17, 15) is 4.79 Å². The molecule has 0 unspecified atom stereocenters. The third-order valence-electron chi connectivity index (χ3n) is 3.54. The molecule has 110 valence electrons. The first-order valence-corrected chi connectivity index (χ1v) is 7.83. The number of fused-ring (bicyclic) bond motifs is 3. The molecular formula is C15H18N4OS. The summed E-state index contributed by atoms with van der Waals surface area (Å²) in [4.78, 5) is 27.0. The highest BCUT2D eigenvalue weighted by atomic mass is 32.1. The van der Waals surface area contributed by atoms with E-state index in [4.69, 9.17) is 0 Å². The van der Waals surface area contributed by atoms with Crippen molar-refractivity contribution in [1.29, 1.82) is 0 Å². The van der Waals surface area contributed by atoms with Crippen LogP contribution in [0.25, 0.3) is 10.2 Å². The topological polar surface area (TPSA) is 48.8 Å². The van der Waals surface area contributed by atoms with Gasteiger partial charge in [-0.2, -0.15) is 0 Å². The summed E-state index contributed by atoms with van der Waals surface area (Å²) in [6.07, 6.45) is 4.39. The maximum atomic E-state index is 12.7. The van der Waals surface area contributed by atoms with E-state index >= 15 is 0 Å². The van der Waals surface area contributed by atoms with Crippen LogP contribution < -0.4 is 4.90 Å². The molecule has 5 nitrogen and oxygen atoms in total. The van der Waals surface area contributed by atoms with E-state index in [1.54, 1.807) is 17.4 Å². The zero-order valence-electron chi connectivity index (χ0n) is 12.5. The van der Waals surface area contributed by atoms with Crippen molar-refractivity contribution in [2.24, 2.45) is 4.99 Å². The van der Waals surface area contributed by atoms with Crippen LogP contribution in [0.2, 0.25) is 0 Å². The van der Waals surface area contributed by atoms with Crippen molar-refractivity contribution in [1.82, 2.24) is 9.88 Å². The molecule has 2 aromatic heterocycles. The molecule has 1 amide bonds. The number of rotatable bonds is 3. The number of thiophene rings is 1. The van der Waals surface area contributed by atoms with E-state index in [1.807, 2.05) is 20.2 Å². The predicted molar refractivity (Wildman–Crippen MR) is 87.5 cm³/mol. The number of pyridine rings is 1. The summed E-state index contributed by atoms with van der Waals surface area (Å²) in [5, 5.41) is 1.06. The molecule has 0 spiro atoms. The van der Waals surface area contributed by atoms with Crippen LogP contribution in [0.5, 0.6) is 0 Å². The minimum absolute atomic E-state index is 0.0424. The van der Waals surface area contributed by atoms with Gasteiger partial charge in [-0.25, -0.2) is 4.98 Å². The van der Waals surface area contributed by atoms with Crippen LogP contribution in [0.15, 0.2) is 17.3 Å². The zero-order valence-corrected chi connectivity index (χ0v) is 13.3. The SMILES string of the molecule is CCCN1C=NCc2c(sc3nccc(N(C)C)c23)C1=O. The Morgan fingerprint density at radius 3 is 2.95 bits per heavy atom. The molecule has 0 aliphatic carbocycles. The molecule has 2 aromatic rings. The van der Waals surface area contributed by atoms with Crippen LogP contribution >= 0.6 is 11.3 Å². The Morgan fingerprint density at radius 2 is 2.24 bits per heavy atom. The number of carbonyl (C=O) groups is 1. The second-order valence-electron chi connectivity index (χ2n) is 5.27. The number of nitrogens with zero attached hydrogens (tertiary/aromatic N) is 4. The highest BCUT2D eigenvalue weighted by Gasteiger charge is 2.26. The maximum absolute atomic E-state index is 12.7. The summed E-state index contributed by atoms with van der Waals surface area (Å²) in [6, 6.07) is 1.98. The Balaban J connectivity index is 2.20. The third kappa shape index (κ3) is 2.29. The van der Waals surface area contributed by atoms with Gasteiger partial charge in [-0.3, -0.25) is 14.7 Å². The van der Waals surface area contributed by atoms with E-state index in [1.165, 1.54) is 11.3 Å². The van der Waals surface area contributed by atoms with Gasteiger partial charge in [0.25, 0.3) is 5.91 Å². The van der Waals surface area contributed by atoms with Crippen molar-refractivity contribution in [3.8, 4) is 0 Å². The molecule has 0 fully saturated rings. The average molecular weight is 302 g/mol. The molecule has 0 saturated heterocycles. The molecule has 0 saturated carbocycles. The van der Waals surface area contributed by atoms with Gasteiger partial charge in [0.1, 0.15) is 9.71 Å². The number of aromatic nitrogens is 1. The number of anilines is 1. The number of aliphatic imine (C=N–C) groups is 1. The smallest absolute Gasteiger partial charge is 0.269 e. The van der Waals surface area contributed by atoms with Gasteiger partial charge >= 0.3 is 0 Å². The van der Waals surface area contributed by atoms with E-state index < -0.39 is 0 Å². The Bertz CT molecular complexity index is 720. The molecule has 0 radical (unpaired) electrons. The first kappa shape index (κ1) is 14.0. The van der Waals surface area contributed by atoms with Gasteiger partial charge in [0, 0.05) is 43.5 Å². The summed E-state index contributed by atoms with van der Waals surface area (Å²) in [7, 11) is 4.01. The standard InChI is InChI=1S/C15H18N4OS/c1-4-7-19-9-16-8-10-12-11(18(2)3)5-6-17-14(12)21-13(10)15(19)20/h5-6,9H,4,7-8H2,1-3H3. The number of hydrogen-bond acceptors (Lipinski definition) is 5. The molecular weight excluding hydrogens is 284 g/mol. The quantitative estimate of drug-likeness (QED) is 0.876. The highest BCUT2D eigenvalue weighted by molar-refractivity contribution is 7.20. The molecule has 1 aliphatic heterocycles. The van der Waals surface area contributed by atoms with E-state index in [-0.39, 0.29) is 5.91 Å². The minimum atomic E-state index is 0.0424. The molecule has 3 heterocycles. The molecule has 1 aliphatic rings. The van der Waals surface area contributed by atoms with Crippen LogP contribution in [-0.2, 0) is 6.54 Å². The zero-order chi connectivity index (χ0) is 15.0. The van der Waals surface area contributed by atoms with Crippen LogP contribution in [0.3, 0.4) is 0 Å². The van der Waals surface area contributed by atoms with E-state index in [0.717, 1.165) is 32.8 Å². The Labute approximate surface area is 127 Å². The lowest BCUT2D eigenvalue weighted by Gasteiger charge is -2.14. The molecule has 0 bridgehead atoms. The maximum Gasteiger partial charge on any atom is 0.269 e. The van der Waals surface area contributed by atoms with Crippen molar-refractivity contribution in [3.05, 3.63) is 22.7 Å². The lowest BCUT2D eigenvalue weighted by atomic mass is 10.1. The fourth-order valence-corrected chi connectivity index (χ4v) is 3.71. The van der Waals surface area contributed by atoms with Gasteiger partial charge in [0.2, 0.25) is 0 Å². The molecule has 0 atom stereocenters. The third-order valence-corrected chi connectivity index (χ3v) is 4.67. The van der Waals surface area contributed by atoms with Crippen molar-refractivity contribution >= 4 is 39.5 Å². The van der Waals surface area contributed by atoms with Crippen molar-refractivity contribution < 1.29 is 4.79 Å². The average Bonchev–Trinajstić information content (AvgIpc) is 2.77. The lowest BCUT2D eigenvalue weighted by molar-refractivity contribution is 0.0857. The second kappa shape index (κ2) is 5.44. The fraction of sp³-hybridized carbons (Fsp3) is 0.400. The van der Waals surface area contributed by atoms with Crippen LogP contribution in [0.1, 0.15) is 28.6 Å². The van der Waals surface area contributed by atoms with E-state index in [2.05, 4.69) is 21.8 Å². The number of amides is 1. The van der Waals surface area contributed by atoms with Crippen molar-refractivity contribution in [2.45, 2.75) is 19.9 Å². The predicted octanol–water partition coefficient (Wildman–Crippen LogP) is 2.76. The molecule has 0 N–H and O–H groups in total. The summed E-state index contributed by atoms with van der Waals surface area (Å²) in [5.41, 5.74) is 2.09. The van der Waals surface area contributed by atoms with E-state index in [0.29, 0.717) is 13.1 Å². The Kier molecular flexibility index (Phi) is 3.63. The first-order chi connectivity index (χ1) is 10.1. The number of carbonyl (C=O) groups excluding carboxylic acids is 1. The summed E-state index contributed by atoms with van der Waals surface area (Å²) in [5.74, 6) is 0.0424. The van der Waals surface area contributed by atoms with Gasteiger partial charge in [-0.1, -0.05) is 6.92 Å². The van der Waals surface area contributed by atoms with Gasteiger partial charge in [0.05, 0.1) is 12.9 Å². The lowest BCUT2D eigenvalue weighted by Crippen LogP contribution is -2.29. The summed E-state index contributed by atoms with van der Waals surface area (Å²) in [6.45, 7) is 3.29. The van der Waals surface area contributed by atoms with Gasteiger partial charge in [0.15, 0.2) is 0 Å². The normalized spacial score (nSPS) is 14.4. The largest absolute Gasteiger partial charge is 0.377 e. The monoisotopic (exact) mass is 302 g/mol. The van der Waals surface area contributed by atoms with Crippen molar-refractivity contribution in [3.63, 3.8) is 0 Å². The number of hydrogen-bond donors (Lipinski definition) is 0.